The largest absolute Gasteiger partial charge is 0.341 e. The summed E-state index contributed by atoms with van der Waals surface area (Å²) in [6.07, 6.45) is 7.24. The topological polar surface area (TPSA) is 107 Å². The van der Waals surface area contributed by atoms with Gasteiger partial charge in [0.05, 0.1) is 28.5 Å². The van der Waals surface area contributed by atoms with Crippen LogP contribution in [0, 0.1) is 0 Å². The van der Waals surface area contributed by atoms with Crippen LogP contribution in [0.3, 0.4) is 0 Å². The molecule has 1 aromatic carbocycles. The molecular formula is C15H11F2N5O3S. The number of amides is 1. The first-order valence-electron chi connectivity index (χ1n) is 7.12. The molecule has 0 atom stereocenters. The number of hydrogen-bond acceptors (Lipinski definition) is 6. The molecule has 1 amide bonds. The SMILES string of the molecule is O=C(Nc1cnc(-n2ccnc2)nc1)c1ccccc1S(=O)(=O)C(F)F. The fourth-order valence-electron chi connectivity index (χ4n) is 2.09. The normalized spacial score (nSPS) is 11.5. The molecule has 26 heavy (non-hydrogen) atoms. The molecule has 0 bridgehead atoms. The van der Waals surface area contributed by atoms with Crippen LogP contribution in [-0.4, -0.2) is 39.6 Å². The summed E-state index contributed by atoms with van der Waals surface area (Å²) in [6, 6.07) is 4.73. The molecular weight excluding hydrogens is 368 g/mol. The standard InChI is InChI=1S/C15H11F2N5O3S/c16-14(17)26(24,25)12-4-2-1-3-11(12)13(23)21-10-7-19-15(20-8-10)22-6-5-18-9-22/h1-9,14H,(H,21,23). The van der Waals surface area contributed by atoms with E-state index in [1.807, 2.05) is 0 Å². The summed E-state index contributed by atoms with van der Waals surface area (Å²) in [5.41, 5.74) is -0.227. The number of hydrogen-bond donors (Lipinski definition) is 1. The highest BCUT2D eigenvalue weighted by molar-refractivity contribution is 7.91. The van der Waals surface area contributed by atoms with Gasteiger partial charge in [0.25, 0.3) is 5.91 Å². The summed E-state index contributed by atoms with van der Waals surface area (Å²) in [5.74, 6) is -4.20. The number of nitrogens with one attached hydrogen (secondary N) is 1. The minimum atomic E-state index is -4.92. The second-order valence-corrected chi connectivity index (χ2v) is 6.88. The summed E-state index contributed by atoms with van der Waals surface area (Å²) in [4.78, 5) is 23.5. The Morgan fingerprint density at radius 2 is 1.85 bits per heavy atom. The number of aromatic nitrogens is 4. The number of carbonyl (C=O) groups excluding carboxylic acids is 1. The fraction of sp³-hybridized carbons (Fsp3) is 0.0667. The molecule has 1 N–H and O–H groups in total. The predicted octanol–water partition coefficient (Wildman–Crippen LogP) is 1.91. The van der Waals surface area contributed by atoms with E-state index in [9.17, 15) is 22.0 Å². The van der Waals surface area contributed by atoms with Gasteiger partial charge in [-0.2, -0.15) is 8.78 Å². The van der Waals surface area contributed by atoms with Crippen molar-refractivity contribution >= 4 is 21.4 Å². The quantitative estimate of drug-likeness (QED) is 0.726. The zero-order chi connectivity index (χ0) is 18.7. The van der Waals surface area contributed by atoms with Gasteiger partial charge in [-0.3, -0.25) is 9.36 Å². The van der Waals surface area contributed by atoms with Crippen molar-refractivity contribution in [2.24, 2.45) is 0 Å². The molecule has 0 radical (unpaired) electrons. The van der Waals surface area contributed by atoms with Crippen molar-refractivity contribution in [2.75, 3.05) is 5.32 Å². The van der Waals surface area contributed by atoms with Crippen LogP contribution < -0.4 is 5.32 Å². The van der Waals surface area contributed by atoms with E-state index in [0.717, 1.165) is 12.1 Å². The lowest BCUT2D eigenvalue weighted by Gasteiger charge is -2.10. The van der Waals surface area contributed by atoms with E-state index in [4.69, 9.17) is 0 Å². The van der Waals surface area contributed by atoms with Gasteiger partial charge in [-0.05, 0) is 12.1 Å². The Balaban J connectivity index is 1.85. The monoisotopic (exact) mass is 379 g/mol. The average Bonchev–Trinajstić information content (AvgIpc) is 3.17. The van der Waals surface area contributed by atoms with Crippen LogP contribution in [0.4, 0.5) is 14.5 Å². The molecule has 8 nitrogen and oxygen atoms in total. The van der Waals surface area contributed by atoms with E-state index in [0.29, 0.717) is 5.95 Å². The Morgan fingerprint density at radius 3 is 2.46 bits per heavy atom. The van der Waals surface area contributed by atoms with E-state index >= 15 is 0 Å². The van der Waals surface area contributed by atoms with Crippen molar-refractivity contribution in [3.63, 3.8) is 0 Å². The maximum absolute atomic E-state index is 12.8. The van der Waals surface area contributed by atoms with E-state index in [1.165, 1.54) is 35.4 Å². The van der Waals surface area contributed by atoms with E-state index in [-0.39, 0.29) is 5.69 Å². The van der Waals surface area contributed by atoms with Gasteiger partial charge in [0, 0.05) is 12.4 Å². The highest BCUT2D eigenvalue weighted by atomic mass is 32.2. The number of benzene rings is 1. The maximum atomic E-state index is 12.8. The zero-order valence-electron chi connectivity index (χ0n) is 13.0. The van der Waals surface area contributed by atoms with Crippen LogP contribution in [0.1, 0.15) is 10.4 Å². The summed E-state index contributed by atoms with van der Waals surface area (Å²) in [7, 11) is -4.92. The van der Waals surface area contributed by atoms with Crippen LogP contribution in [0.5, 0.6) is 0 Å². The van der Waals surface area contributed by atoms with Gasteiger partial charge in [-0.15, -0.1) is 0 Å². The fourth-order valence-corrected chi connectivity index (χ4v) is 3.02. The first kappa shape index (κ1) is 17.6. The molecule has 0 aliphatic carbocycles. The summed E-state index contributed by atoms with van der Waals surface area (Å²) >= 11 is 0. The lowest BCUT2D eigenvalue weighted by atomic mass is 10.2. The van der Waals surface area contributed by atoms with Gasteiger partial charge in [0.1, 0.15) is 6.33 Å². The molecule has 0 saturated carbocycles. The number of rotatable bonds is 5. The van der Waals surface area contributed by atoms with Crippen LogP contribution >= 0.6 is 0 Å². The van der Waals surface area contributed by atoms with Crippen LogP contribution in [0.2, 0.25) is 0 Å². The smallest absolute Gasteiger partial charge is 0.319 e. The number of alkyl halides is 2. The minimum absolute atomic E-state index is 0.170. The van der Waals surface area contributed by atoms with Gasteiger partial charge < -0.3 is 5.32 Å². The summed E-state index contributed by atoms with van der Waals surface area (Å²) < 4.78 is 50.6. The van der Waals surface area contributed by atoms with Crippen molar-refractivity contribution in [3.05, 3.63) is 60.9 Å². The minimum Gasteiger partial charge on any atom is -0.319 e. The van der Waals surface area contributed by atoms with Crippen LogP contribution in [0.25, 0.3) is 5.95 Å². The number of halogens is 2. The van der Waals surface area contributed by atoms with Crippen molar-refractivity contribution < 1.29 is 22.0 Å². The van der Waals surface area contributed by atoms with Gasteiger partial charge in [0.15, 0.2) is 0 Å². The molecule has 2 heterocycles. The summed E-state index contributed by atoms with van der Waals surface area (Å²) in [6.45, 7) is 0. The molecule has 3 rings (SSSR count). The summed E-state index contributed by atoms with van der Waals surface area (Å²) in [5, 5.41) is 2.38. The van der Waals surface area contributed by atoms with Crippen molar-refractivity contribution in [2.45, 2.75) is 10.7 Å². The predicted molar refractivity (Wildman–Crippen MR) is 86.7 cm³/mol. The Labute approximate surface area is 146 Å². The lowest BCUT2D eigenvalue weighted by molar-refractivity contribution is 0.102. The Morgan fingerprint density at radius 1 is 1.15 bits per heavy atom. The number of sulfone groups is 1. The molecule has 2 aromatic heterocycles. The van der Waals surface area contributed by atoms with Gasteiger partial charge in [0.2, 0.25) is 15.8 Å². The maximum Gasteiger partial charge on any atom is 0.341 e. The van der Waals surface area contributed by atoms with E-state index in [2.05, 4.69) is 20.3 Å². The van der Waals surface area contributed by atoms with Crippen molar-refractivity contribution in [1.82, 2.24) is 19.5 Å². The Kier molecular flexibility index (Phi) is 4.71. The second kappa shape index (κ2) is 6.96. The molecule has 0 fully saturated rings. The molecule has 0 aliphatic rings. The number of nitrogens with zero attached hydrogens (tertiary/aromatic N) is 4. The molecule has 3 aromatic rings. The van der Waals surface area contributed by atoms with Crippen molar-refractivity contribution in [1.29, 1.82) is 0 Å². The average molecular weight is 379 g/mol. The Bertz CT molecular complexity index is 1020. The van der Waals surface area contributed by atoms with Crippen LogP contribution in [0.15, 0.2) is 60.3 Å². The van der Waals surface area contributed by atoms with E-state index in [1.54, 1.807) is 12.4 Å². The van der Waals surface area contributed by atoms with Gasteiger partial charge >= 0.3 is 5.76 Å². The molecule has 11 heteroatoms. The third-order valence-corrected chi connectivity index (χ3v) is 4.74. The number of anilines is 1. The number of carbonyl (C=O) groups is 1. The van der Waals surface area contributed by atoms with Gasteiger partial charge in [-0.1, -0.05) is 12.1 Å². The lowest BCUT2D eigenvalue weighted by Crippen LogP contribution is -2.20. The van der Waals surface area contributed by atoms with Gasteiger partial charge in [-0.25, -0.2) is 23.4 Å². The Hall–Kier alpha value is -3.21. The molecule has 0 spiro atoms. The first-order valence-corrected chi connectivity index (χ1v) is 8.67. The highest BCUT2D eigenvalue weighted by Crippen LogP contribution is 2.23. The highest BCUT2D eigenvalue weighted by Gasteiger charge is 2.30. The molecule has 0 aliphatic heterocycles. The third kappa shape index (κ3) is 3.42. The molecule has 134 valence electrons. The zero-order valence-corrected chi connectivity index (χ0v) is 13.8. The van der Waals surface area contributed by atoms with Crippen molar-refractivity contribution in [3.8, 4) is 5.95 Å². The molecule has 0 saturated heterocycles. The number of imidazole rings is 1. The van der Waals surface area contributed by atoms with E-state index < -0.39 is 32.0 Å². The second-order valence-electron chi connectivity index (χ2n) is 5.00. The first-order chi connectivity index (χ1) is 12.4. The third-order valence-electron chi connectivity index (χ3n) is 3.30. The molecule has 0 unspecified atom stereocenters. The van der Waals surface area contributed by atoms with Crippen LogP contribution in [-0.2, 0) is 9.84 Å².